The third-order valence-electron chi connectivity index (χ3n) is 4.22. The smallest absolute Gasteiger partial charge is 0.257 e. The fourth-order valence-electron chi connectivity index (χ4n) is 3.06. The maximum atomic E-state index is 12.9. The van der Waals surface area contributed by atoms with E-state index in [-0.39, 0.29) is 12.1 Å². The van der Waals surface area contributed by atoms with Gasteiger partial charge in [-0.15, -0.1) is 0 Å². The van der Waals surface area contributed by atoms with Gasteiger partial charge >= 0.3 is 0 Å². The Labute approximate surface area is 132 Å². The standard InChI is InChI=1S/C19H22N2O/c1-4-11-21-18(16-12-13(2)9-10-14(16)3)20-17-8-6-5-7-15(17)19(21)22/h5-10,12,18,20H,4,11H2,1-3H3/t18-/m0/s1. The number of nitrogens with zero attached hydrogens (tertiary/aromatic N) is 1. The molecule has 0 fully saturated rings. The van der Waals surface area contributed by atoms with E-state index >= 15 is 0 Å². The van der Waals surface area contributed by atoms with E-state index in [0.29, 0.717) is 0 Å². The first-order valence-corrected chi connectivity index (χ1v) is 7.85. The minimum absolute atomic E-state index is 0.0951. The van der Waals surface area contributed by atoms with E-state index in [1.807, 2.05) is 29.2 Å². The lowest BCUT2D eigenvalue weighted by Crippen LogP contribution is -2.43. The Morgan fingerprint density at radius 1 is 1.14 bits per heavy atom. The summed E-state index contributed by atoms with van der Waals surface area (Å²) in [6.07, 6.45) is 0.846. The minimum atomic E-state index is -0.0951. The molecule has 0 saturated carbocycles. The van der Waals surface area contributed by atoms with Gasteiger partial charge in [0.05, 0.1) is 5.56 Å². The SMILES string of the molecule is CCCN1C(=O)c2ccccc2N[C@@H]1c1cc(C)ccc1C. The first-order chi connectivity index (χ1) is 10.6. The molecule has 0 bridgehead atoms. The van der Waals surface area contributed by atoms with Crippen LogP contribution in [0.25, 0.3) is 0 Å². The lowest BCUT2D eigenvalue weighted by molar-refractivity contribution is 0.0683. The van der Waals surface area contributed by atoms with Gasteiger partial charge in [-0.3, -0.25) is 4.79 Å². The lowest BCUT2D eigenvalue weighted by Gasteiger charge is -2.38. The van der Waals surface area contributed by atoms with Crippen molar-refractivity contribution in [2.75, 3.05) is 11.9 Å². The van der Waals surface area contributed by atoms with Gasteiger partial charge in [-0.05, 0) is 43.5 Å². The van der Waals surface area contributed by atoms with Crippen molar-refractivity contribution in [1.29, 1.82) is 0 Å². The van der Waals surface area contributed by atoms with Crippen LogP contribution in [-0.4, -0.2) is 17.4 Å². The third kappa shape index (κ3) is 2.47. The predicted molar refractivity (Wildman–Crippen MR) is 90.0 cm³/mol. The number of para-hydroxylation sites is 1. The lowest BCUT2D eigenvalue weighted by atomic mass is 9.98. The molecule has 2 aromatic carbocycles. The number of hydrogen-bond acceptors (Lipinski definition) is 2. The molecular formula is C19H22N2O. The van der Waals surface area contributed by atoms with Gasteiger partial charge < -0.3 is 10.2 Å². The summed E-state index contributed by atoms with van der Waals surface area (Å²) in [7, 11) is 0. The predicted octanol–water partition coefficient (Wildman–Crippen LogP) is 4.28. The van der Waals surface area contributed by atoms with Crippen molar-refractivity contribution in [3.8, 4) is 0 Å². The monoisotopic (exact) mass is 294 g/mol. The van der Waals surface area contributed by atoms with E-state index < -0.39 is 0 Å². The Morgan fingerprint density at radius 3 is 2.68 bits per heavy atom. The number of fused-ring (bicyclic) bond motifs is 1. The van der Waals surface area contributed by atoms with E-state index in [4.69, 9.17) is 0 Å². The Balaban J connectivity index is 2.09. The van der Waals surface area contributed by atoms with Gasteiger partial charge in [0.2, 0.25) is 0 Å². The van der Waals surface area contributed by atoms with Crippen LogP contribution < -0.4 is 5.32 Å². The molecule has 0 saturated heterocycles. The molecule has 114 valence electrons. The van der Waals surface area contributed by atoms with Crippen LogP contribution >= 0.6 is 0 Å². The van der Waals surface area contributed by atoms with Crippen molar-refractivity contribution in [3.05, 3.63) is 64.7 Å². The quantitative estimate of drug-likeness (QED) is 0.916. The summed E-state index contributed by atoms with van der Waals surface area (Å²) in [6, 6.07) is 14.2. The summed E-state index contributed by atoms with van der Waals surface area (Å²) < 4.78 is 0. The molecule has 1 amide bonds. The summed E-state index contributed by atoms with van der Waals surface area (Å²) in [5.74, 6) is 0.113. The van der Waals surface area contributed by atoms with Gasteiger partial charge in [0.25, 0.3) is 5.91 Å². The number of aryl methyl sites for hydroxylation is 2. The number of amides is 1. The zero-order valence-corrected chi connectivity index (χ0v) is 13.4. The van der Waals surface area contributed by atoms with E-state index in [0.717, 1.165) is 24.2 Å². The maximum absolute atomic E-state index is 12.9. The molecule has 3 rings (SSSR count). The summed E-state index contributed by atoms with van der Waals surface area (Å²) in [5.41, 5.74) is 5.28. The van der Waals surface area contributed by atoms with E-state index in [2.05, 4.69) is 44.3 Å². The van der Waals surface area contributed by atoms with Crippen LogP contribution in [0.15, 0.2) is 42.5 Å². The number of carbonyl (C=O) groups excluding carboxylic acids is 1. The van der Waals surface area contributed by atoms with Crippen molar-refractivity contribution in [3.63, 3.8) is 0 Å². The Morgan fingerprint density at radius 2 is 1.91 bits per heavy atom. The van der Waals surface area contributed by atoms with Crippen molar-refractivity contribution in [1.82, 2.24) is 4.90 Å². The third-order valence-corrected chi connectivity index (χ3v) is 4.22. The van der Waals surface area contributed by atoms with Gasteiger partial charge in [0.1, 0.15) is 6.17 Å². The highest BCUT2D eigenvalue weighted by Gasteiger charge is 2.32. The minimum Gasteiger partial charge on any atom is -0.361 e. The summed E-state index contributed by atoms with van der Waals surface area (Å²) in [6.45, 7) is 7.05. The molecular weight excluding hydrogens is 272 g/mol. The Kier molecular flexibility index (Phi) is 3.88. The van der Waals surface area contributed by atoms with Crippen LogP contribution in [0.5, 0.6) is 0 Å². The Hall–Kier alpha value is -2.29. The van der Waals surface area contributed by atoms with Gasteiger partial charge in [-0.1, -0.05) is 42.8 Å². The van der Waals surface area contributed by atoms with Crippen LogP contribution in [0.4, 0.5) is 5.69 Å². The molecule has 1 aliphatic rings. The number of hydrogen-bond donors (Lipinski definition) is 1. The molecule has 0 aliphatic carbocycles. The van der Waals surface area contributed by atoms with Gasteiger partial charge in [0, 0.05) is 12.2 Å². The van der Waals surface area contributed by atoms with Crippen LogP contribution in [0.3, 0.4) is 0 Å². The van der Waals surface area contributed by atoms with Crippen molar-refractivity contribution >= 4 is 11.6 Å². The molecule has 2 aromatic rings. The van der Waals surface area contributed by atoms with Gasteiger partial charge in [-0.2, -0.15) is 0 Å². The van der Waals surface area contributed by atoms with Crippen LogP contribution in [0.1, 0.15) is 46.6 Å². The molecule has 3 heteroatoms. The zero-order valence-electron chi connectivity index (χ0n) is 13.4. The molecule has 1 atom stereocenters. The molecule has 22 heavy (non-hydrogen) atoms. The van der Waals surface area contributed by atoms with Crippen LogP contribution in [-0.2, 0) is 0 Å². The second-order valence-electron chi connectivity index (χ2n) is 5.95. The van der Waals surface area contributed by atoms with Gasteiger partial charge in [-0.25, -0.2) is 0 Å². The number of benzene rings is 2. The topological polar surface area (TPSA) is 32.3 Å². The molecule has 1 aliphatic heterocycles. The van der Waals surface area contributed by atoms with Crippen LogP contribution in [0.2, 0.25) is 0 Å². The Bertz CT molecular complexity index is 708. The first-order valence-electron chi connectivity index (χ1n) is 7.85. The number of rotatable bonds is 3. The fraction of sp³-hybridized carbons (Fsp3) is 0.316. The molecule has 0 aromatic heterocycles. The number of anilines is 1. The summed E-state index contributed by atoms with van der Waals surface area (Å²) >= 11 is 0. The van der Waals surface area contributed by atoms with E-state index in [9.17, 15) is 4.79 Å². The molecule has 1 N–H and O–H groups in total. The highest BCUT2D eigenvalue weighted by Crippen LogP contribution is 2.34. The average Bonchev–Trinajstić information content (AvgIpc) is 2.52. The number of nitrogens with one attached hydrogen (secondary N) is 1. The normalized spacial score (nSPS) is 17.1. The van der Waals surface area contributed by atoms with E-state index in [1.165, 1.54) is 16.7 Å². The fourth-order valence-corrected chi connectivity index (χ4v) is 3.06. The summed E-state index contributed by atoms with van der Waals surface area (Å²) in [4.78, 5) is 14.8. The molecule has 0 radical (unpaired) electrons. The zero-order chi connectivity index (χ0) is 15.7. The molecule has 0 unspecified atom stereocenters. The van der Waals surface area contributed by atoms with Gasteiger partial charge in [0.15, 0.2) is 0 Å². The molecule has 3 nitrogen and oxygen atoms in total. The second kappa shape index (κ2) is 5.84. The average molecular weight is 294 g/mol. The molecule has 1 heterocycles. The van der Waals surface area contributed by atoms with Crippen molar-refractivity contribution in [2.45, 2.75) is 33.4 Å². The first kappa shape index (κ1) is 14.6. The van der Waals surface area contributed by atoms with E-state index in [1.54, 1.807) is 0 Å². The highest BCUT2D eigenvalue weighted by molar-refractivity contribution is 6.01. The number of carbonyl (C=O) groups is 1. The van der Waals surface area contributed by atoms with Crippen molar-refractivity contribution in [2.24, 2.45) is 0 Å². The molecule has 0 spiro atoms. The van der Waals surface area contributed by atoms with Crippen LogP contribution in [0, 0.1) is 13.8 Å². The summed E-state index contributed by atoms with van der Waals surface area (Å²) in [5, 5.41) is 3.55. The van der Waals surface area contributed by atoms with Crippen molar-refractivity contribution < 1.29 is 4.79 Å². The second-order valence-corrected chi connectivity index (χ2v) is 5.95. The highest BCUT2D eigenvalue weighted by atomic mass is 16.2. The largest absolute Gasteiger partial charge is 0.361 e. The maximum Gasteiger partial charge on any atom is 0.257 e.